The number of nitrogens with zero attached hydrogens (tertiary/aromatic N) is 1. The summed E-state index contributed by atoms with van der Waals surface area (Å²) in [7, 11) is 0. The van der Waals surface area contributed by atoms with E-state index >= 15 is 0 Å². The molecule has 1 aromatic rings. The van der Waals surface area contributed by atoms with Crippen molar-refractivity contribution in [3.63, 3.8) is 0 Å². The molecule has 0 bridgehead atoms. The van der Waals surface area contributed by atoms with Crippen LogP contribution in [0.3, 0.4) is 0 Å². The zero-order valence-corrected chi connectivity index (χ0v) is 12.6. The fourth-order valence-electron chi connectivity index (χ4n) is 3.24. The maximum Gasteiger partial charge on any atom is 0.283 e. The van der Waals surface area contributed by atoms with Crippen LogP contribution in [0, 0.1) is 0 Å². The average Bonchev–Trinajstić information content (AvgIpc) is 2.92. The van der Waals surface area contributed by atoms with Crippen LogP contribution in [-0.4, -0.2) is 37.0 Å². The van der Waals surface area contributed by atoms with Gasteiger partial charge in [-0.05, 0) is 26.0 Å². The zero-order chi connectivity index (χ0) is 15.0. The first-order valence-corrected chi connectivity index (χ1v) is 7.57. The van der Waals surface area contributed by atoms with E-state index in [2.05, 4.69) is 5.32 Å². The van der Waals surface area contributed by atoms with Gasteiger partial charge in [-0.3, -0.25) is 14.5 Å². The van der Waals surface area contributed by atoms with E-state index in [1.54, 1.807) is 18.7 Å². The lowest BCUT2D eigenvalue weighted by Gasteiger charge is -2.42. The Kier molecular flexibility index (Phi) is 3.45. The Labute approximate surface area is 124 Å². The number of nitrogens with one attached hydrogen (secondary N) is 2. The Morgan fingerprint density at radius 1 is 1.29 bits per heavy atom. The minimum atomic E-state index is -0.857. The molecule has 0 radical (unpaired) electrons. The maximum atomic E-state index is 12.8. The number of likely N-dealkylation sites (tertiary alicyclic amines) is 1. The second kappa shape index (κ2) is 5.15. The number of anilines is 2. The molecule has 1 saturated heterocycles. The van der Waals surface area contributed by atoms with Crippen LogP contribution in [0.15, 0.2) is 24.3 Å². The van der Waals surface area contributed by atoms with Gasteiger partial charge in [-0.2, -0.15) is 0 Å². The molecular formula is C16H22N3O2+. The summed E-state index contributed by atoms with van der Waals surface area (Å²) in [5.41, 5.74) is 0.655. The highest BCUT2D eigenvalue weighted by Crippen LogP contribution is 2.36. The lowest BCUT2D eigenvalue weighted by atomic mass is 9.96. The average molecular weight is 288 g/mol. The fourth-order valence-corrected chi connectivity index (χ4v) is 3.24. The van der Waals surface area contributed by atoms with Crippen LogP contribution in [0.25, 0.3) is 0 Å². The molecule has 5 nitrogen and oxygen atoms in total. The molecule has 5 heteroatoms. The number of benzene rings is 1. The predicted molar refractivity (Wildman–Crippen MR) is 81.4 cm³/mol. The van der Waals surface area contributed by atoms with Crippen molar-refractivity contribution in [1.29, 1.82) is 0 Å². The number of carbonyl (C=O) groups is 2. The standard InChI is InChI=1S/C16H21N3O2/c1-16(2)15(21)17-12-7-3-4-8-13(12)19(16)14(20)11-18-9-5-6-10-18/h3-4,7-8H,5-6,9-11H2,1-2H3,(H,17,21)/p+1. The van der Waals surface area contributed by atoms with Crippen molar-refractivity contribution in [3.05, 3.63) is 24.3 Å². The molecule has 0 spiro atoms. The molecule has 1 aromatic carbocycles. The summed E-state index contributed by atoms with van der Waals surface area (Å²) < 4.78 is 0. The van der Waals surface area contributed by atoms with E-state index in [1.165, 1.54) is 17.7 Å². The maximum absolute atomic E-state index is 12.8. The quantitative estimate of drug-likeness (QED) is 0.829. The molecule has 21 heavy (non-hydrogen) atoms. The molecule has 3 rings (SSSR count). The Bertz CT molecular complexity index is 577. The van der Waals surface area contributed by atoms with Gasteiger partial charge in [0.1, 0.15) is 5.54 Å². The highest BCUT2D eigenvalue weighted by atomic mass is 16.2. The van der Waals surface area contributed by atoms with Gasteiger partial charge in [0.15, 0.2) is 6.54 Å². The van der Waals surface area contributed by atoms with E-state index < -0.39 is 5.54 Å². The van der Waals surface area contributed by atoms with Gasteiger partial charge in [-0.25, -0.2) is 0 Å². The third kappa shape index (κ3) is 2.42. The Hall–Kier alpha value is -1.88. The number of rotatable bonds is 2. The molecule has 2 amide bonds. The summed E-state index contributed by atoms with van der Waals surface area (Å²) in [6, 6.07) is 7.50. The van der Waals surface area contributed by atoms with Crippen LogP contribution in [-0.2, 0) is 9.59 Å². The topological polar surface area (TPSA) is 53.9 Å². The van der Waals surface area contributed by atoms with Gasteiger partial charge in [-0.15, -0.1) is 0 Å². The molecule has 1 fully saturated rings. The molecule has 2 aliphatic rings. The van der Waals surface area contributed by atoms with Crippen LogP contribution < -0.4 is 15.1 Å². The summed E-state index contributed by atoms with van der Waals surface area (Å²) in [5.74, 6) is -0.106. The fraction of sp³-hybridized carbons (Fsp3) is 0.500. The Morgan fingerprint density at radius 2 is 1.95 bits per heavy atom. The number of quaternary nitrogens is 1. The second-order valence-electron chi connectivity index (χ2n) is 6.39. The van der Waals surface area contributed by atoms with E-state index in [4.69, 9.17) is 0 Å². The molecule has 2 aliphatic heterocycles. The highest BCUT2D eigenvalue weighted by molar-refractivity contribution is 6.14. The van der Waals surface area contributed by atoms with E-state index in [0.29, 0.717) is 12.2 Å². The minimum Gasteiger partial charge on any atom is -0.327 e. The number of para-hydroxylation sites is 2. The van der Waals surface area contributed by atoms with Gasteiger partial charge in [0.05, 0.1) is 24.5 Å². The van der Waals surface area contributed by atoms with Gasteiger partial charge in [0.25, 0.3) is 5.91 Å². The molecule has 0 aromatic heterocycles. The summed E-state index contributed by atoms with van der Waals surface area (Å²) >= 11 is 0. The van der Waals surface area contributed by atoms with Crippen LogP contribution in [0.4, 0.5) is 11.4 Å². The normalized spacial score (nSPS) is 21.0. The number of hydrogen-bond acceptors (Lipinski definition) is 2. The zero-order valence-electron chi connectivity index (χ0n) is 12.6. The van der Waals surface area contributed by atoms with Crippen molar-refractivity contribution < 1.29 is 14.5 Å². The third-order valence-electron chi connectivity index (χ3n) is 4.47. The van der Waals surface area contributed by atoms with Gasteiger partial charge >= 0.3 is 0 Å². The molecule has 2 N–H and O–H groups in total. The van der Waals surface area contributed by atoms with Crippen molar-refractivity contribution >= 4 is 23.2 Å². The number of amides is 2. The van der Waals surface area contributed by atoms with E-state index in [0.717, 1.165) is 18.8 Å². The smallest absolute Gasteiger partial charge is 0.283 e. The van der Waals surface area contributed by atoms with Gasteiger partial charge in [0, 0.05) is 12.8 Å². The lowest BCUT2D eigenvalue weighted by molar-refractivity contribution is -0.878. The van der Waals surface area contributed by atoms with Crippen molar-refractivity contribution in [2.45, 2.75) is 32.2 Å². The van der Waals surface area contributed by atoms with E-state index in [9.17, 15) is 9.59 Å². The van der Waals surface area contributed by atoms with E-state index in [-0.39, 0.29) is 11.8 Å². The largest absolute Gasteiger partial charge is 0.327 e. The molecule has 0 unspecified atom stereocenters. The van der Waals surface area contributed by atoms with Crippen molar-refractivity contribution in [1.82, 2.24) is 0 Å². The van der Waals surface area contributed by atoms with Crippen molar-refractivity contribution in [2.24, 2.45) is 0 Å². The number of fused-ring (bicyclic) bond motifs is 1. The number of hydrogen-bond donors (Lipinski definition) is 2. The first kappa shape index (κ1) is 14.1. The summed E-state index contributed by atoms with van der Waals surface area (Å²) in [4.78, 5) is 28.1. The highest BCUT2D eigenvalue weighted by Gasteiger charge is 2.44. The first-order valence-electron chi connectivity index (χ1n) is 7.57. The van der Waals surface area contributed by atoms with Crippen molar-refractivity contribution in [3.8, 4) is 0 Å². The lowest BCUT2D eigenvalue weighted by Crippen LogP contribution is -3.11. The van der Waals surface area contributed by atoms with Crippen LogP contribution in [0.5, 0.6) is 0 Å². The van der Waals surface area contributed by atoms with Gasteiger partial charge < -0.3 is 10.2 Å². The van der Waals surface area contributed by atoms with Crippen LogP contribution in [0.2, 0.25) is 0 Å². The molecule has 0 atom stereocenters. The summed E-state index contributed by atoms with van der Waals surface area (Å²) in [6.07, 6.45) is 2.37. The van der Waals surface area contributed by atoms with Crippen LogP contribution >= 0.6 is 0 Å². The van der Waals surface area contributed by atoms with Crippen molar-refractivity contribution in [2.75, 3.05) is 29.9 Å². The molecule has 0 saturated carbocycles. The van der Waals surface area contributed by atoms with E-state index in [1.807, 2.05) is 24.3 Å². The molecular weight excluding hydrogens is 266 g/mol. The van der Waals surface area contributed by atoms with Crippen LogP contribution in [0.1, 0.15) is 26.7 Å². The van der Waals surface area contributed by atoms with Gasteiger partial charge in [0.2, 0.25) is 5.91 Å². The third-order valence-corrected chi connectivity index (χ3v) is 4.47. The first-order chi connectivity index (χ1) is 10.00. The van der Waals surface area contributed by atoms with Gasteiger partial charge in [-0.1, -0.05) is 12.1 Å². The predicted octanol–water partition coefficient (Wildman–Crippen LogP) is 0.429. The minimum absolute atomic E-state index is 0.0270. The summed E-state index contributed by atoms with van der Waals surface area (Å²) in [6.45, 7) is 6.16. The Morgan fingerprint density at radius 3 is 2.67 bits per heavy atom. The number of carbonyl (C=O) groups excluding carboxylic acids is 2. The molecule has 112 valence electrons. The SMILES string of the molecule is CC1(C)C(=O)Nc2ccccc2N1C(=O)C[NH+]1CCCC1. The monoisotopic (exact) mass is 288 g/mol. The Balaban J connectivity index is 1.93. The molecule has 2 heterocycles. The second-order valence-corrected chi connectivity index (χ2v) is 6.39. The summed E-state index contributed by atoms with van der Waals surface area (Å²) in [5, 5.41) is 2.89. The molecule has 0 aliphatic carbocycles.